The molecule has 1 aliphatic rings. The van der Waals surface area contributed by atoms with E-state index in [2.05, 4.69) is 22.6 Å². The molecule has 1 aromatic rings. The molecule has 5 heteroatoms. The number of alkyl halides is 1. The highest BCUT2D eigenvalue weighted by Crippen LogP contribution is 2.22. The number of rotatable bonds is 2. The highest BCUT2D eigenvalue weighted by atomic mass is 127. The van der Waals surface area contributed by atoms with E-state index in [1.807, 2.05) is 16.3 Å². The fourth-order valence-electron chi connectivity index (χ4n) is 1.98. The van der Waals surface area contributed by atoms with Gasteiger partial charge in [0.2, 0.25) is 0 Å². The molecule has 1 aliphatic heterocycles. The fourth-order valence-corrected chi connectivity index (χ4v) is 3.55. The Morgan fingerprint density at radius 3 is 3.12 bits per heavy atom. The molecule has 0 N–H and O–H groups in total. The minimum absolute atomic E-state index is 0.161. The molecule has 0 aliphatic carbocycles. The van der Waals surface area contributed by atoms with Crippen molar-refractivity contribution in [3.8, 4) is 0 Å². The van der Waals surface area contributed by atoms with E-state index in [0.29, 0.717) is 11.8 Å². The normalized spacial score (nSPS) is 21.1. The quantitative estimate of drug-likeness (QED) is 0.578. The number of thiophene rings is 1. The largest absolute Gasteiger partial charge is 0.338 e. The highest BCUT2D eigenvalue weighted by molar-refractivity contribution is 14.1. The van der Waals surface area contributed by atoms with Gasteiger partial charge in [-0.3, -0.25) is 4.79 Å². The first-order valence-corrected chi connectivity index (χ1v) is 7.79. The fraction of sp³-hybridized carbons (Fsp3) is 0.545. The number of hydrogen-bond donors (Lipinski definition) is 0. The van der Waals surface area contributed by atoms with Gasteiger partial charge < -0.3 is 4.90 Å². The van der Waals surface area contributed by atoms with Crippen molar-refractivity contribution in [2.75, 3.05) is 19.0 Å². The molecule has 2 rings (SSSR count). The lowest BCUT2D eigenvalue weighted by Gasteiger charge is -2.31. The first-order chi connectivity index (χ1) is 7.70. The van der Waals surface area contributed by atoms with Gasteiger partial charge in [-0.15, -0.1) is 22.9 Å². The van der Waals surface area contributed by atoms with Gasteiger partial charge in [0, 0.05) is 24.3 Å². The van der Waals surface area contributed by atoms with Crippen LogP contribution in [0.3, 0.4) is 0 Å². The van der Waals surface area contributed by atoms with Crippen molar-refractivity contribution in [1.82, 2.24) is 4.90 Å². The van der Waals surface area contributed by atoms with Crippen molar-refractivity contribution in [1.29, 1.82) is 0 Å². The summed E-state index contributed by atoms with van der Waals surface area (Å²) in [6, 6.07) is 1.96. The molecular weight excluding hydrogens is 357 g/mol. The molecule has 0 spiro atoms. The van der Waals surface area contributed by atoms with Gasteiger partial charge in [-0.05, 0) is 47.4 Å². The van der Waals surface area contributed by atoms with Crippen LogP contribution in [0.5, 0.6) is 0 Å². The van der Waals surface area contributed by atoms with E-state index in [0.717, 1.165) is 34.4 Å². The van der Waals surface area contributed by atoms with Crippen molar-refractivity contribution in [3.63, 3.8) is 0 Å². The Labute approximate surface area is 118 Å². The summed E-state index contributed by atoms with van der Waals surface area (Å²) in [7, 11) is 0. The topological polar surface area (TPSA) is 20.3 Å². The Balaban J connectivity index is 2.04. The lowest BCUT2D eigenvalue weighted by atomic mass is 9.99. The van der Waals surface area contributed by atoms with Gasteiger partial charge in [0.15, 0.2) is 0 Å². The molecule has 0 bridgehead atoms. The summed E-state index contributed by atoms with van der Waals surface area (Å²) >= 11 is 9.72. The van der Waals surface area contributed by atoms with E-state index in [4.69, 9.17) is 11.6 Å². The summed E-state index contributed by atoms with van der Waals surface area (Å²) < 4.78 is 1.16. The molecule has 16 heavy (non-hydrogen) atoms. The minimum atomic E-state index is 0.161. The maximum Gasteiger partial charge on any atom is 0.254 e. The molecule has 2 heterocycles. The molecule has 1 atom stereocenters. The molecule has 88 valence electrons. The van der Waals surface area contributed by atoms with Crippen molar-refractivity contribution in [2.45, 2.75) is 12.8 Å². The van der Waals surface area contributed by atoms with Crippen LogP contribution in [-0.2, 0) is 0 Å². The predicted molar refractivity (Wildman–Crippen MR) is 76.4 cm³/mol. The predicted octanol–water partition coefficient (Wildman–Crippen LogP) is 3.44. The second-order valence-corrected chi connectivity index (χ2v) is 7.17. The third kappa shape index (κ3) is 2.90. The number of amides is 1. The average molecular weight is 370 g/mol. The zero-order valence-electron chi connectivity index (χ0n) is 8.79. The van der Waals surface area contributed by atoms with Gasteiger partial charge in [-0.25, -0.2) is 0 Å². The minimum Gasteiger partial charge on any atom is -0.338 e. The molecule has 0 saturated carbocycles. The van der Waals surface area contributed by atoms with E-state index in [1.54, 1.807) is 11.3 Å². The smallest absolute Gasteiger partial charge is 0.254 e. The molecule has 1 aromatic heterocycles. The average Bonchev–Trinajstić information content (AvgIpc) is 2.75. The van der Waals surface area contributed by atoms with Crippen LogP contribution in [0.1, 0.15) is 23.2 Å². The summed E-state index contributed by atoms with van der Waals surface area (Å²) in [5.74, 6) is 1.29. The zero-order chi connectivity index (χ0) is 11.5. The summed E-state index contributed by atoms with van der Waals surface area (Å²) in [6.07, 6.45) is 2.22. The van der Waals surface area contributed by atoms with Gasteiger partial charge in [-0.2, -0.15) is 0 Å². The Bertz CT molecular complexity index is 382. The second-order valence-electron chi connectivity index (χ2n) is 4.05. The number of carbonyl (C=O) groups excluding carboxylic acids is 1. The van der Waals surface area contributed by atoms with Crippen molar-refractivity contribution >= 4 is 51.4 Å². The van der Waals surface area contributed by atoms with Crippen molar-refractivity contribution < 1.29 is 4.79 Å². The number of carbonyl (C=O) groups is 1. The lowest BCUT2D eigenvalue weighted by Crippen LogP contribution is -2.40. The zero-order valence-corrected chi connectivity index (χ0v) is 12.5. The van der Waals surface area contributed by atoms with E-state index >= 15 is 0 Å². The van der Waals surface area contributed by atoms with Crippen molar-refractivity contribution in [2.24, 2.45) is 5.92 Å². The molecule has 1 amide bonds. The Morgan fingerprint density at radius 1 is 1.69 bits per heavy atom. The molecular formula is C11H13ClINOS. The Morgan fingerprint density at radius 2 is 2.50 bits per heavy atom. The number of likely N-dealkylation sites (tertiary alicyclic amines) is 1. The van der Waals surface area contributed by atoms with Crippen LogP contribution < -0.4 is 0 Å². The molecule has 1 unspecified atom stereocenters. The Kier molecular flexibility index (Phi) is 4.49. The van der Waals surface area contributed by atoms with E-state index in [9.17, 15) is 4.79 Å². The maximum absolute atomic E-state index is 12.2. The summed E-state index contributed by atoms with van der Waals surface area (Å²) in [6.45, 7) is 1.69. The van der Waals surface area contributed by atoms with Crippen LogP contribution in [-0.4, -0.2) is 29.8 Å². The van der Waals surface area contributed by atoms with E-state index < -0.39 is 0 Å². The first kappa shape index (κ1) is 12.6. The lowest BCUT2D eigenvalue weighted by molar-refractivity contribution is 0.0685. The summed E-state index contributed by atoms with van der Waals surface area (Å²) in [5, 5.41) is 1.94. The summed E-state index contributed by atoms with van der Waals surface area (Å²) in [5.41, 5.74) is 0.824. The van der Waals surface area contributed by atoms with Crippen molar-refractivity contribution in [3.05, 3.63) is 19.9 Å². The van der Waals surface area contributed by atoms with Crippen LogP contribution in [0, 0.1) is 8.80 Å². The number of nitrogens with zero attached hydrogens (tertiary/aromatic N) is 1. The second kappa shape index (κ2) is 5.69. The standard InChI is InChI=1S/C11H13ClINOS/c12-5-8-2-1-3-14(6-8)11(15)9-4-10(13)16-7-9/h4,7-8H,1-3,5-6H2. The number of piperidine rings is 1. The van der Waals surface area contributed by atoms with E-state index in [-0.39, 0.29) is 5.91 Å². The maximum atomic E-state index is 12.2. The SMILES string of the molecule is O=C(c1csc(I)c1)N1CCCC(CCl)C1. The van der Waals surface area contributed by atoms with Crippen LogP contribution in [0.15, 0.2) is 11.4 Å². The molecule has 0 aromatic carbocycles. The van der Waals surface area contributed by atoms with Crippen LogP contribution in [0.25, 0.3) is 0 Å². The van der Waals surface area contributed by atoms with Gasteiger partial charge in [-0.1, -0.05) is 0 Å². The molecule has 1 saturated heterocycles. The number of halogens is 2. The monoisotopic (exact) mass is 369 g/mol. The molecule has 2 nitrogen and oxygen atoms in total. The number of hydrogen-bond acceptors (Lipinski definition) is 2. The molecule has 1 fully saturated rings. The van der Waals surface area contributed by atoms with Crippen LogP contribution in [0.4, 0.5) is 0 Å². The van der Waals surface area contributed by atoms with Crippen LogP contribution >= 0.6 is 45.5 Å². The van der Waals surface area contributed by atoms with Gasteiger partial charge in [0.1, 0.15) is 0 Å². The van der Waals surface area contributed by atoms with Gasteiger partial charge in [0.25, 0.3) is 5.91 Å². The highest BCUT2D eigenvalue weighted by Gasteiger charge is 2.24. The Hall–Kier alpha value is 0.190. The third-order valence-corrected chi connectivity index (χ3v) is 5.06. The third-order valence-electron chi connectivity index (χ3n) is 2.84. The molecule has 0 radical (unpaired) electrons. The first-order valence-electron chi connectivity index (χ1n) is 5.30. The summed E-state index contributed by atoms with van der Waals surface area (Å²) in [4.78, 5) is 14.1. The van der Waals surface area contributed by atoms with E-state index in [1.165, 1.54) is 0 Å². The van der Waals surface area contributed by atoms with Gasteiger partial charge >= 0.3 is 0 Å². The van der Waals surface area contributed by atoms with Crippen LogP contribution in [0.2, 0.25) is 0 Å². The van der Waals surface area contributed by atoms with Gasteiger partial charge in [0.05, 0.1) is 8.45 Å².